The number of benzene rings is 1. The number of likely N-dealkylation sites (tertiary alicyclic amines) is 1. The molecule has 0 bridgehead atoms. The number of nitrogens with zero attached hydrogens (tertiary/aromatic N) is 2. The minimum absolute atomic E-state index is 0.0525. The fraction of sp³-hybridized carbons (Fsp3) is 0.667. The number of sulfonamides is 1. The first-order valence-corrected chi connectivity index (χ1v) is 11.9. The van der Waals surface area contributed by atoms with Gasteiger partial charge in [-0.05, 0) is 43.9 Å². The summed E-state index contributed by atoms with van der Waals surface area (Å²) >= 11 is 0. The van der Waals surface area contributed by atoms with Crippen LogP contribution in [-0.2, 0) is 10.0 Å². The molecule has 1 heterocycles. The number of likely N-dealkylation sites (N-methyl/N-ethyl adjacent to an activating group) is 1. The summed E-state index contributed by atoms with van der Waals surface area (Å²) in [7, 11) is -0.855. The van der Waals surface area contributed by atoms with E-state index in [-0.39, 0.29) is 16.4 Å². The van der Waals surface area contributed by atoms with E-state index in [0.717, 1.165) is 38.5 Å². The number of rotatable bonds is 5. The van der Waals surface area contributed by atoms with Gasteiger partial charge in [0.25, 0.3) is 5.91 Å². The van der Waals surface area contributed by atoms with Crippen molar-refractivity contribution in [2.24, 2.45) is 0 Å². The van der Waals surface area contributed by atoms with E-state index < -0.39 is 22.2 Å². The molecule has 2 aliphatic rings. The summed E-state index contributed by atoms with van der Waals surface area (Å²) in [6.45, 7) is 1.35. The van der Waals surface area contributed by atoms with Gasteiger partial charge in [-0.2, -0.15) is 4.31 Å². The molecule has 2 atom stereocenters. The first kappa shape index (κ1) is 22.1. The molecule has 1 saturated heterocycles. The Morgan fingerprint density at radius 1 is 1.10 bits per heavy atom. The topological polar surface area (TPSA) is 87.1 Å². The third-order valence-electron chi connectivity index (χ3n) is 6.13. The highest BCUT2D eigenvalue weighted by atomic mass is 32.2. The van der Waals surface area contributed by atoms with E-state index in [4.69, 9.17) is 4.74 Å². The van der Waals surface area contributed by atoms with Crippen LogP contribution >= 0.6 is 0 Å². The molecule has 0 radical (unpaired) electrons. The Hall–Kier alpha value is -1.64. The fourth-order valence-corrected chi connectivity index (χ4v) is 5.76. The SMILES string of the molecule is COc1ccc(S(=O)(=O)N(C)[C@H]2CCCC[C@@H]2O)cc1C(=O)N1CCCCCC1. The number of methoxy groups -OCH3 is 1. The summed E-state index contributed by atoms with van der Waals surface area (Å²) < 4.78 is 33.1. The monoisotopic (exact) mass is 424 g/mol. The molecule has 0 spiro atoms. The van der Waals surface area contributed by atoms with Crippen LogP contribution in [0.3, 0.4) is 0 Å². The number of aliphatic hydroxyl groups excluding tert-OH is 1. The Kier molecular flexibility index (Phi) is 7.19. The van der Waals surface area contributed by atoms with Gasteiger partial charge >= 0.3 is 0 Å². The average Bonchev–Trinajstić information content (AvgIpc) is 3.02. The third-order valence-corrected chi connectivity index (χ3v) is 8.01. The van der Waals surface area contributed by atoms with Crippen molar-refractivity contribution in [2.45, 2.75) is 68.4 Å². The number of hydrogen-bond acceptors (Lipinski definition) is 5. The molecule has 162 valence electrons. The normalized spacial score (nSPS) is 23.7. The molecule has 29 heavy (non-hydrogen) atoms. The molecule has 0 aromatic heterocycles. The molecule has 1 aromatic carbocycles. The van der Waals surface area contributed by atoms with Crippen LogP contribution in [0.1, 0.15) is 61.7 Å². The molecule has 1 aliphatic carbocycles. The molecule has 2 fully saturated rings. The highest BCUT2D eigenvalue weighted by molar-refractivity contribution is 7.89. The van der Waals surface area contributed by atoms with Gasteiger partial charge in [-0.3, -0.25) is 4.79 Å². The van der Waals surface area contributed by atoms with Crippen LogP contribution in [0.4, 0.5) is 0 Å². The predicted molar refractivity (Wildman–Crippen MR) is 111 cm³/mol. The number of ether oxygens (including phenoxy) is 1. The van der Waals surface area contributed by atoms with Crippen LogP contribution in [0.25, 0.3) is 0 Å². The summed E-state index contributed by atoms with van der Waals surface area (Å²) in [5, 5.41) is 10.3. The van der Waals surface area contributed by atoms with Gasteiger partial charge in [0, 0.05) is 20.1 Å². The first-order chi connectivity index (χ1) is 13.9. The largest absolute Gasteiger partial charge is 0.496 e. The summed E-state index contributed by atoms with van der Waals surface area (Å²) in [4.78, 5) is 15.0. The van der Waals surface area contributed by atoms with Crippen molar-refractivity contribution in [3.05, 3.63) is 23.8 Å². The number of amides is 1. The van der Waals surface area contributed by atoms with Gasteiger partial charge in [0.15, 0.2) is 0 Å². The number of hydrogen-bond donors (Lipinski definition) is 1. The van der Waals surface area contributed by atoms with Crippen LogP contribution in [0, 0.1) is 0 Å². The van der Waals surface area contributed by atoms with E-state index in [1.807, 2.05) is 0 Å². The summed E-state index contributed by atoms with van der Waals surface area (Å²) in [6, 6.07) is 4.00. The minimum atomic E-state index is -3.84. The summed E-state index contributed by atoms with van der Waals surface area (Å²) in [5.41, 5.74) is 0.271. The van der Waals surface area contributed by atoms with E-state index in [0.29, 0.717) is 31.7 Å². The van der Waals surface area contributed by atoms with Crippen molar-refractivity contribution in [2.75, 3.05) is 27.2 Å². The molecule has 7 nitrogen and oxygen atoms in total. The Labute approximate surface area is 173 Å². The Morgan fingerprint density at radius 2 is 1.76 bits per heavy atom. The zero-order valence-electron chi connectivity index (χ0n) is 17.3. The first-order valence-electron chi connectivity index (χ1n) is 10.5. The lowest BCUT2D eigenvalue weighted by Gasteiger charge is -2.34. The molecule has 1 aliphatic heterocycles. The number of carbonyl (C=O) groups excluding carboxylic acids is 1. The third kappa shape index (κ3) is 4.75. The van der Waals surface area contributed by atoms with Crippen molar-refractivity contribution >= 4 is 15.9 Å². The quantitative estimate of drug-likeness (QED) is 0.785. The molecular formula is C21H32N2O5S. The minimum Gasteiger partial charge on any atom is -0.496 e. The van der Waals surface area contributed by atoms with Gasteiger partial charge < -0.3 is 14.7 Å². The summed E-state index contributed by atoms with van der Waals surface area (Å²) in [5.74, 6) is 0.180. The van der Waals surface area contributed by atoms with Gasteiger partial charge in [-0.25, -0.2) is 8.42 Å². The number of carbonyl (C=O) groups is 1. The van der Waals surface area contributed by atoms with Gasteiger partial charge in [0.2, 0.25) is 10.0 Å². The van der Waals surface area contributed by atoms with Gasteiger partial charge in [-0.15, -0.1) is 0 Å². The van der Waals surface area contributed by atoms with Crippen LogP contribution in [0.15, 0.2) is 23.1 Å². The van der Waals surface area contributed by atoms with Crippen molar-refractivity contribution in [3.63, 3.8) is 0 Å². The maximum absolute atomic E-state index is 13.2. The molecule has 0 unspecified atom stereocenters. The van der Waals surface area contributed by atoms with Crippen LogP contribution < -0.4 is 4.74 Å². The second-order valence-corrected chi connectivity index (χ2v) is 10.0. The molecule has 1 N–H and O–H groups in total. The molecular weight excluding hydrogens is 392 g/mol. The lowest BCUT2D eigenvalue weighted by molar-refractivity contribution is 0.0637. The molecule has 3 rings (SSSR count). The Bertz CT molecular complexity index is 818. The lowest BCUT2D eigenvalue weighted by Crippen LogP contribution is -2.46. The zero-order valence-corrected chi connectivity index (χ0v) is 18.2. The molecule has 1 aromatic rings. The van der Waals surface area contributed by atoms with E-state index in [2.05, 4.69) is 0 Å². The standard InChI is InChI=1S/C21H32N2O5S/c1-22(18-9-5-6-10-19(18)24)29(26,27)16-11-12-20(28-2)17(15-16)21(25)23-13-7-3-4-8-14-23/h11-12,15,18-19,24H,3-10,13-14H2,1-2H3/t18-,19-/m0/s1. The van der Waals surface area contributed by atoms with Crippen molar-refractivity contribution < 1.29 is 23.1 Å². The predicted octanol–water partition coefficient (Wildman–Crippen LogP) is 2.64. The van der Waals surface area contributed by atoms with E-state index in [9.17, 15) is 18.3 Å². The van der Waals surface area contributed by atoms with Gasteiger partial charge in [0.1, 0.15) is 5.75 Å². The van der Waals surface area contributed by atoms with Gasteiger partial charge in [-0.1, -0.05) is 25.7 Å². The molecule has 8 heteroatoms. The fourth-order valence-electron chi connectivity index (χ4n) is 4.32. The van der Waals surface area contributed by atoms with Crippen molar-refractivity contribution in [1.29, 1.82) is 0 Å². The maximum atomic E-state index is 13.2. The summed E-state index contributed by atoms with van der Waals surface area (Å²) in [6.07, 6.45) is 6.47. The number of aliphatic hydroxyl groups is 1. The average molecular weight is 425 g/mol. The Balaban J connectivity index is 1.91. The smallest absolute Gasteiger partial charge is 0.257 e. The highest BCUT2D eigenvalue weighted by Crippen LogP contribution is 2.30. The zero-order chi connectivity index (χ0) is 21.0. The van der Waals surface area contributed by atoms with Crippen LogP contribution in [-0.4, -0.2) is 68.0 Å². The lowest BCUT2D eigenvalue weighted by atomic mass is 9.93. The van der Waals surface area contributed by atoms with Crippen LogP contribution in [0.2, 0.25) is 0 Å². The van der Waals surface area contributed by atoms with Crippen LogP contribution in [0.5, 0.6) is 5.75 Å². The van der Waals surface area contributed by atoms with E-state index in [1.54, 1.807) is 11.0 Å². The Morgan fingerprint density at radius 3 is 2.38 bits per heavy atom. The van der Waals surface area contributed by atoms with Gasteiger partial charge in [0.05, 0.1) is 29.7 Å². The second kappa shape index (κ2) is 9.45. The maximum Gasteiger partial charge on any atom is 0.257 e. The second-order valence-electron chi connectivity index (χ2n) is 8.01. The van der Waals surface area contributed by atoms with Crippen molar-refractivity contribution in [1.82, 2.24) is 9.21 Å². The molecule has 1 saturated carbocycles. The highest BCUT2D eigenvalue weighted by Gasteiger charge is 2.35. The molecule has 1 amide bonds. The van der Waals surface area contributed by atoms with E-state index >= 15 is 0 Å². The van der Waals surface area contributed by atoms with E-state index in [1.165, 1.54) is 30.6 Å². The van der Waals surface area contributed by atoms with Crippen molar-refractivity contribution in [3.8, 4) is 5.75 Å².